The lowest BCUT2D eigenvalue weighted by atomic mass is 10.2. The molecule has 1 atom stereocenters. The molecule has 0 aliphatic heterocycles. The summed E-state index contributed by atoms with van der Waals surface area (Å²) >= 11 is 6.16. The number of primary amides is 1. The topological polar surface area (TPSA) is 117 Å². The highest BCUT2D eigenvalue weighted by Gasteiger charge is 2.22. The lowest BCUT2D eigenvalue weighted by Crippen LogP contribution is -2.42. The number of amides is 3. The van der Waals surface area contributed by atoms with Gasteiger partial charge in [0.15, 0.2) is 17.6 Å². The molecule has 0 saturated heterocycles. The van der Waals surface area contributed by atoms with Gasteiger partial charge in [-0.3, -0.25) is 10.1 Å². The number of hydrogen-bond acceptors (Lipinski definition) is 6. The van der Waals surface area contributed by atoms with E-state index in [1.54, 1.807) is 0 Å². The van der Waals surface area contributed by atoms with E-state index >= 15 is 0 Å². The van der Waals surface area contributed by atoms with Gasteiger partial charge < -0.3 is 19.9 Å². The van der Waals surface area contributed by atoms with Crippen molar-refractivity contribution in [2.24, 2.45) is 11.7 Å². The molecule has 3 amide bonds. The van der Waals surface area contributed by atoms with Crippen molar-refractivity contribution in [1.82, 2.24) is 5.32 Å². The molecule has 0 spiro atoms. The van der Waals surface area contributed by atoms with Crippen LogP contribution in [0.4, 0.5) is 4.79 Å². The molecule has 0 fully saturated rings. The van der Waals surface area contributed by atoms with Crippen molar-refractivity contribution in [1.29, 1.82) is 0 Å². The minimum Gasteiger partial charge on any atom is -0.493 e. The standard InChI is InChI=1S/C16H21ClN2O6/c1-8(2)7-24-13-11(17)5-10(6-12(13)23-4)15(21)25-9(3)14(20)19-16(18)22/h5-6,8-9H,7H2,1-4H3,(H3,18,19,20,22)/t9-/m1/s1. The van der Waals surface area contributed by atoms with Crippen molar-refractivity contribution < 1.29 is 28.6 Å². The third kappa shape index (κ3) is 6.15. The number of benzene rings is 1. The summed E-state index contributed by atoms with van der Waals surface area (Å²) in [7, 11) is 1.41. The number of nitrogens with one attached hydrogen (secondary N) is 1. The summed E-state index contributed by atoms with van der Waals surface area (Å²) in [6.07, 6.45) is -1.22. The molecule has 138 valence electrons. The first-order valence-corrected chi connectivity index (χ1v) is 7.85. The van der Waals surface area contributed by atoms with Crippen molar-refractivity contribution >= 4 is 29.5 Å². The van der Waals surface area contributed by atoms with Crippen molar-refractivity contribution in [2.75, 3.05) is 13.7 Å². The van der Waals surface area contributed by atoms with Gasteiger partial charge in [0.2, 0.25) is 0 Å². The highest BCUT2D eigenvalue weighted by atomic mass is 35.5. The minimum atomic E-state index is -1.22. The molecular weight excluding hydrogens is 352 g/mol. The van der Waals surface area contributed by atoms with Crippen LogP contribution in [-0.2, 0) is 9.53 Å². The lowest BCUT2D eigenvalue weighted by molar-refractivity contribution is -0.127. The first-order chi connectivity index (χ1) is 11.6. The zero-order chi connectivity index (χ0) is 19.1. The number of urea groups is 1. The largest absolute Gasteiger partial charge is 0.493 e. The van der Waals surface area contributed by atoms with Gasteiger partial charge in [-0.15, -0.1) is 0 Å². The van der Waals surface area contributed by atoms with E-state index in [-0.39, 0.29) is 22.3 Å². The van der Waals surface area contributed by atoms with E-state index in [2.05, 4.69) is 0 Å². The predicted molar refractivity (Wildman–Crippen MR) is 90.9 cm³/mol. The number of imide groups is 1. The number of ether oxygens (including phenoxy) is 3. The molecular formula is C16H21ClN2O6. The molecule has 0 saturated carbocycles. The number of methoxy groups -OCH3 is 1. The van der Waals surface area contributed by atoms with Gasteiger partial charge in [-0.25, -0.2) is 9.59 Å². The number of nitrogens with two attached hydrogens (primary N) is 1. The third-order valence-corrected chi connectivity index (χ3v) is 3.21. The predicted octanol–water partition coefficient (Wildman–Crippen LogP) is 2.12. The van der Waals surface area contributed by atoms with E-state index in [1.807, 2.05) is 19.2 Å². The van der Waals surface area contributed by atoms with Crippen LogP contribution in [-0.4, -0.2) is 37.7 Å². The second-order valence-electron chi connectivity index (χ2n) is 5.60. The third-order valence-electron chi connectivity index (χ3n) is 2.93. The van der Waals surface area contributed by atoms with E-state index in [0.29, 0.717) is 12.4 Å². The van der Waals surface area contributed by atoms with E-state index < -0.39 is 24.0 Å². The van der Waals surface area contributed by atoms with Gasteiger partial charge in [0, 0.05) is 0 Å². The first-order valence-electron chi connectivity index (χ1n) is 7.47. The zero-order valence-corrected chi connectivity index (χ0v) is 15.2. The van der Waals surface area contributed by atoms with Gasteiger partial charge >= 0.3 is 12.0 Å². The van der Waals surface area contributed by atoms with Gasteiger partial charge in [-0.05, 0) is 25.0 Å². The Morgan fingerprint density at radius 3 is 2.40 bits per heavy atom. The van der Waals surface area contributed by atoms with E-state index in [0.717, 1.165) is 0 Å². The SMILES string of the molecule is COc1cc(C(=O)O[C@H](C)C(=O)NC(N)=O)cc(Cl)c1OCC(C)C. The number of halogens is 1. The Balaban J connectivity index is 2.94. The van der Waals surface area contributed by atoms with Crippen LogP contribution in [0.25, 0.3) is 0 Å². The lowest BCUT2D eigenvalue weighted by Gasteiger charge is -2.16. The normalized spacial score (nSPS) is 11.6. The second kappa shape index (κ2) is 9.12. The van der Waals surface area contributed by atoms with Crippen LogP contribution in [0.3, 0.4) is 0 Å². The molecule has 0 aliphatic rings. The summed E-state index contributed by atoms with van der Waals surface area (Å²) in [5, 5.41) is 1.99. The molecule has 0 aromatic heterocycles. The summed E-state index contributed by atoms with van der Waals surface area (Å²) in [5.41, 5.74) is 4.91. The fourth-order valence-electron chi connectivity index (χ4n) is 1.73. The number of rotatable bonds is 7. The summed E-state index contributed by atoms with van der Waals surface area (Å²) in [4.78, 5) is 34.4. The van der Waals surface area contributed by atoms with Crippen LogP contribution in [0.1, 0.15) is 31.1 Å². The van der Waals surface area contributed by atoms with E-state index in [4.69, 9.17) is 31.5 Å². The Labute approximate surface area is 150 Å². The highest BCUT2D eigenvalue weighted by molar-refractivity contribution is 6.32. The number of esters is 1. The van der Waals surface area contributed by atoms with E-state index in [1.165, 1.54) is 26.2 Å². The van der Waals surface area contributed by atoms with Crippen LogP contribution in [0.15, 0.2) is 12.1 Å². The van der Waals surface area contributed by atoms with Crippen molar-refractivity contribution in [3.8, 4) is 11.5 Å². The maximum Gasteiger partial charge on any atom is 0.339 e. The average molecular weight is 373 g/mol. The maximum absolute atomic E-state index is 12.2. The summed E-state index contributed by atoms with van der Waals surface area (Å²) in [6.45, 7) is 5.68. The molecule has 9 heteroatoms. The van der Waals surface area contributed by atoms with Gasteiger partial charge in [0.25, 0.3) is 5.91 Å². The molecule has 3 N–H and O–H groups in total. The molecule has 25 heavy (non-hydrogen) atoms. The highest BCUT2D eigenvalue weighted by Crippen LogP contribution is 2.37. The van der Waals surface area contributed by atoms with Crippen molar-refractivity contribution in [3.05, 3.63) is 22.7 Å². The van der Waals surface area contributed by atoms with Crippen LogP contribution in [0, 0.1) is 5.92 Å². The fraction of sp³-hybridized carbons (Fsp3) is 0.438. The monoisotopic (exact) mass is 372 g/mol. The fourth-order valence-corrected chi connectivity index (χ4v) is 2.00. The first kappa shape index (κ1) is 20.6. The van der Waals surface area contributed by atoms with Crippen LogP contribution >= 0.6 is 11.6 Å². The summed E-state index contributed by atoms with van der Waals surface area (Å²) < 4.78 is 15.8. The number of carbonyl (C=O) groups is 3. The Morgan fingerprint density at radius 1 is 1.24 bits per heavy atom. The Bertz CT molecular complexity index is 662. The van der Waals surface area contributed by atoms with Gasteiger partial charge in [0.1, 0.15) is 0 Å². The Hall–Kier alpha value is -2.48. The molecule has 0 radical (unpaired) electrons. The number of carbonyl (C=O) groups excluding carboxylic acids is 3. The molecule has 0 bridgehead atoms. The van der Waals surface area contributed by atoms with Crippen molar-refractivity contribution in [3.63, 3.8) is 0 Å². The van der Waals surface area contributed by atoms with Gasteiger partial charge in [-0.1, -0.05) is 25.4 Å². The molecule has 0 heterocycles. The maximum atomic E-state index is 12.2. The van der Waals surface area contributed by atoms with Crippen LogP contribution in [0.5, 0.6) is 11.5 Å². The Kier molecular flexibility index (Phi) is 7.50. The smallest absolute Gasteiger partial charge is 0.339 e. The van der Waals surface area contributed by atoms with E-state index in [9.17, 15) is 14.4 Å². The zero-order valence-electron chi connectivity index (χ0n) is 14.4. The van der Waals surface area contributed by atoms with Crippen molar-refractivity contribution in [2.45, 2.75) is 26.9 Å². The van der Waals surface area contributed by atoms with Gasteiger partial charge in [0.05, 0.1) is 24.3 Å². The molecule has 1 aromatic rings. The average Bonchev–Trinajstić information content (AvgIpc) is 2.51. The van der Waals surface area contributed by atoms with Crippen LogP contribution < -0.4 is 20.5 Å². The molecule has 1 aromatic carbocycles. The summed E-state index contributed by atoms with van der Waals surface area (Å²) in [6, 6.07) is 1.70. The Morgan fingerprint density at radius 2 is 1.88 bits per heavy atom. The summed E-state index contributed by atoms with van der Waals surface area (Å²) in [5.74, 6) is -0.808. The second-order valence-corrected chi connectivity index (χ2v) is 6.00. The molecule has 8 nitrogen and oxygen atoms in total. The van der Waals surface area contributed by atoms with Crippen LogP contribution in [0.2, 0.25) is 5.02 Å². The quantitative estimate of drug-likeness (QED) is 0.708. The minimum absolute atomic E-state index is 0.0671. The van der Waals surface area contributed by atoms with Gasteiger partial charge in [-0.2, -0.15) is 0 Å². The number of hydrogen-bond donors (Lipinski definition) is 2. The molecule has 1 rings (SSSR count). The molecule has 0 aliphatic carbocycles. The molecule has 0 unspecified atom stereocenters.